The maximum absolute atomic E-state index is 15.6. The van der Waals surface area contributed by atoms with Gasteiger partial charge < -0.3 is 14.6 Å². The topological polar surface area (TPSA) is 104 Å². The Kier molecular flexibility index (Phi) is 8.14. The first-order valence-electron chi connectivity index (χ1n) is 14.9. The standard InChI is InChI=1S/C33H30ClFN6O3S/c34-28-22(8-7-20-3-5-21(6-4-20)17-39-13-9-23(42)10-14-39)16-25(35)24-18-41(32(44)27(24)28)30(31(43)38-33-36-11-15-45-33)29-26-2-1-12-40(26)19-37-29/h3-6,11,15-16,19,23,30,42H,1-2,9-10,12-14,17-18H2,(H,36,38,43). The number of amides is 2. The van der Waals surface area contributed by atoms with Gasteiger partial charge >= 0.3 is 0 Å². The average Bonchev–Trinajstić information content (AvgIpc) is 3.84. The minimum absolute atomic E-state index is 0.0193. The van der Waals surface area contributed by atoms with Gasteiger partial charge in [-0.15, -0.1) is 11.3 Å². The van der Waals surface area contributed by atoms with Crippen LogP contribution in [0, 0.1) is 17.7 Å². The summed E-state index contributed by atoms with van der Waals surface area (Å²) in [7, 11) is 0. The van der Waals surface area contributed by atoms with Crippen molar-refractivity contribution in [3.05, 3.63) is 98.3 Å². The third-order valence-corrected chi connectivity index (χ3v) is 9.73. The first-order valence-corrected chi connectivity index (χ1v) is 16.2. The number of fused-ring (bicyclic) bond motifs is 2. The summed E-state index contributed by atoms with van der Waals surface area (Å²) < 4.78 is 17.6. The first kappa shape index (κ1) is 29.6. The molecule has 1 fully saturated rings. The second kappa shape index (κ2) is 12.4. The third-order valence-electron chi connectivity index (χ3n) is 8.65. The van der Waals surface area contributed by atoms with Crippen molar-refractivity contribution in [2.24, 2.45) is 0 Å². The van der Waals surface area contributed by atoms with Gasteiger partial charge in [-0.25, -0.2) is 14.4 Å². The molecule has 2 N–H and O–H groups in total. The van der Waals surface area contributed by atoms with Gasteiger partial charge in [0, 0.05) is 60.1 Å². The Morgan fingerprint density at radius 1 is 1.18 bits per heavy atom. The number of carbonyl (C=O) groups excluding carboxylic acids is 2. The van der Waals surface area contributed by atoms with Crippen LogP contribution in [0.5, 0.6) is 0 Å². The molecule has 12 heteroatoms. The summed E-state index contributed by atoms with van der Waals surface area (Å²) in [5, 5.41) is 14.7. The zero-order valence-corrected chi connectivity index (χ0v) is 25.9. The van der Waals surface area contributed by atoms with E-state index in [1.165, 1.54) is 22.3 Å². The van der Waals surface area contributed by atoms with E-state index in [-0.39, 0.29) is 34.4 Å². The van der Waals surface area contributed by atoms with Gasteiger partial charge in [-0.1, -0.05) is 35.6 Å². The van der Waals surface area contributed by atoms with E-state index >= 15 is 4.39 Å². The fourth-order valence-electron chi connectivity index (χ4n) is 6.30. The Bertz CT molecular complexity index is 1820. The van der Waals surface area contributed by atoms with Crippen LogP contribution in [0.1, 0.15) is 69.3 Å². The van der Waals surface area contributed by atoms with Crippen molar-refractivity contribution in [2.45, 2.75) is 57.5 Å². The SMILES string of the molecule is O=C(Nc1nccs1)C(c1ncn2c1CCC2)N1Cc2c(F)cc(C#Cc3ccc(CN4CCC(O)CC4)cc3)c(Cl)c2C1=O. The van der Waals surface area contributed by atoms with E-state index in [2.05, 4.69) is 32.0 Å². The van der Waals surface area contributed by atoms with Crippen LogP contribution >= 0.6 is 22.9 Å². The highest BCUT2D eigenvalue weighted by atomic mass is 35.5. The minimum atomic E-state index is -1.10. The van der Waals surface area contributed by atoms with E-state index in [0.717, 1.165) is 68.7 Å². The van der Waals surface area contributed by atoms with Gasteiger partial charge in [-0.2, -0.15) is 0 Å². The second-order valence-electron chi connectivity index (χ2n) is 11.6. The average molecular weight is 645 g/mol. The molecule has 45 heavy (non-hydrogen) atoms. The van der Waals surface area contributed by atoms with Crippen LogP contribution in [0.2, 0.25) is 5.02 Å². The van der Waals surface area contributed by atoms with Crippen LogP contribution in [-0.4, -0.2) is 60.4 Å². The number of thiazole rings is 1. The van der Waals surface area contributed by atoms with Gasteiger partial charge in [-0.3, -0.25) is 19.8 Å². The Labute approximate surface area is 268 Å². The molecule has 2 aromatic heterocycles. The molecule has 0 saturated carbocycles. The monoisotopic (exact) mass is 644 g/mol. The molecule has 3 aliphatic heterocycles. The van der Waals surface area contributed by atoms with Crippen molar-refractivity contribution >= 4 is 39.9 Å². The van der Waals surface area contributed by atoms with E-state index in [1.807, 2.05) is 28.8 Å². The lowest BCUT2D eigenvalue weighted by molar-refractivity contribution is -0.121. The number of benzene rings is 2. The number of carbonyl (C=O) groups is 2. The van der Waals surface area contributed by atoms with E-state index < -0.39 is 23.7 Å². The molecule has 2 aromatic carbocycles. The molecule has 3 aliphatic rings. The molecule has 5 heterocycles. The number of aliphatic hydroxyl groups excluding tert-OH is 1. The van der Waals surface area contributed by atoms with E-state index in [9.17, 15) is 14.7 Å². The summed E-state index contributed by atoms with van der Waals surface area (Å²) in [4.78, 5) is 40.0. The molecular formula is C33H30ClFN6O3S. The van der Waals surface area contributed by atoms with Gasteiger partial charge in [0.05, 0.1) is 35.3 Å². The molecule has 0 bridgehead atoms. The van der Waals surface area contributed by atoms with E-state index in [1.54, 1.807) is 17.9 Å². The summed E-state index contributed by atoms with van der Waals surface area (Å²) >= 11 is 8.01. The first-order chi connectivity index (χ1) is 21.9. The lowest BCUT2D eigenvalue weighted by atomic mass is 10.0. The maximum Gasteiger partial charge on any atom is 0.257 e. The molecular weight excluding hydrogens is 615 g/mol. The Morgan fingerprint density at radius 2 is 1.98 bits per heavy atom. The summed E-state index contributed by atoms with van der Waals surface area (Å²) in [6.07, 6.45) is 6.26. The highest BCUT2D eigenvalue weighted by molar-refractivity contribution is 7.13. The molecule has 1 atom stereocenters. The van der Waals surface area contributed by atoms with Crippen molar-refractivity contribution in [3.63, 3.8) is 0 Å². The Hall–Kier alpha value is -4.08. The highest BCUT2D eigenvalue weighted by Gasteiger charge is 2.43. The molecule has 2 amide bonds. The molecule has 0 aliphatic carbocycles. The van der Waals surface area contributed by atoms with Gasteiger partial charge in [0.25, 0.3) is 11.8 Å². The third kappa shape index (κ3) is 5.87. The Morgan fingerprint density at radius 3 is 2.73 bits per heavy atom. The molecule has 9 nitrogen and oxygen atoms in total. The summed E-state index contributed by atoms with van der Waals surface area (Å²) in [5.41, 5.74) is 3.58. The van der Waals surface area contributed by atoms with Gasteiger partial charge in [0.1, 0.15) is 5.82 Å². The molecule has 4 aromatic rings. The number of halogens is 2. The molecule has 230 valence electrons. The number of aliphatic hydroxyl groups is 1. The highest BCUT2D eigenvalue weighted by Crippen LogP contribution is 2.39. The van der Waals surface area contributed by atoms with Crippen molar-refractivity contribution in [1.29, 1.82) is 0 Å². The zero-order valence-electron chi connectivity index (χ0n) is 24.3. The number of piperidine rings is 1. The van der Waals surface area contributed by atoms with Crippen LogP contribution < -0.4 is 5.32 Å². The van der Waals surface area contributed by atoms with Gasteiger partial charge in [0.2, 0.25) is 0 Å². The van der Waals surface area contributed by atoms with Crippen LogP contribution in [0.25, 0.3) is 0 Å². The number of rotatable bonds is 6. The zero-order chi connectivity index (χ0) is 31.1. The van der Waals surface area contributed by atoms with Crippen molar-refractivity contribution in [3.8, 4) is 11.8 Å². The lowest BCUT2D eigenvalue weighted by Crippen LogP contribution is -2.38. The Balaban J connectivity index is 1.14. The number of anilines is 1. The van der Waals surface area contributed by atoms with Crippen LogP contribution in [0.15, 0.2) is 48.2 Å². The smallest absolute Gasteiger partial charge is 0.257 e. The maximum atomic E-state index is 15.6. The second-order valence-corrected chi connectivity index (χ2v) is 12.8. The predicted molar refractivity (Wildman–Crippen MR) is 168 cm³/mol. The van der Waals surface area contributed by atoms with Gasteiger partial charge in [-0.05, 0) is 49.4 Å². The van der Waals surface area contributed by atoms with Gasteiger partial charge in [0.15, 0.2) is 11.2 Å². The molecule has 0 radical (unpaired) electrons. The molecule has 1 unspecified atom stereocenters. The summed E-state index contributed by atoms with van der Waals surface area (Å²) in [6.45, 7) is 3.18. The molecule has 0 spiro atoms. The van der Waals surface area contributed by atoms with Crippen molar-refractivity contribution in [1.82, 2.24) is 24.3 Å². The number of imidazole rings is 1. The minimum Gasteiger partial charge on any atom is -0.393 e. The number of nitrogens with one attached hydrogen (secondary N) is 1. The van der Waals surface area contributed by atoms with E-state index in [0.29, 0.717) is 10.8 Å². The fraction of sp³-hybridized carbons (Fsp3) is 0.333. The normalized spacial score (nSPS) is 17.1. The number of hydrogen-bond donors (Lipinski definition) is 2. The van der Waals surface area contributed by atoms with E-state index in [4.69, 9.17) is 11.6 Å². The molecule has 7 rings (SSSR count). The summed E-state index contributed by atoms with van der Waals surface area (Å²) in [6, 6.07) is 7.97. The number of aromatic nitrogens is 3. The summed E-state index contributed by atoms with van der Waals surface area (Å²) in [5.74, 6) is 4.36. The largest absolute Gasteiger partial charge is 0.393 e. The van der Waals surface area contributed by atoms with Crippen LogP contribution in [-0.2, 0) is 30.8 Å². The van der Waals surface area contributed by atoms with Crippen LogP contribution in [0.3, 0.4) is 0 Å². The lowest BCUT2D eigenvalue weighted by Gasteiger charge is -2.29. The number of likely N-dealkylation sites (tertiary alicyclic amines) is 1. The number of aryl methyl sites for hydroxylation is 1. The van der Waals surface area contributed by atoms with Crippen molar-refractivity contribution in [2.75, 3.05) is 18.4 Å². The quantitative estimate of drug-likeness (QED) is 0.293. The van der Waals surface area contributed by atoms with Crippen molar-refractivity contribution < 1.29 is 19.1 Å². The predicted octanol–water partition coefficient (Wildman–Crippen LogP) is 4.77. The number of hydrogen-bond acceptors (Lipinski definition) is 7. The fourth-order valence-corrected chi connectivity index (χ4v) is 7.13. The molecule has 1 saturated heterocycles. The number of nitrogens with zero attached hydrogens (tertiary/aromatic N) is 5. The van der Waals surface area contributed by atoms with Crippen LogP contribution in [0.4, 0.5) is 9.52 Å².